The van der Waals surface area contributed by atoms with Crippen LogP contribution in [0.25, 0.3) is 0 Å². The second-order valence-corrected chi connectivity index (χ2v) is 9.72. The van der Waals surface area contributed by atoms with E-state index in [1.807, 2.05) is 30.8 Å². The van der Waals surface area contributed by atoms with Crippen LogP contribution in [0, 0.1) is 13.8 Å². The average Bonchev–Trinajstić information content (AvgIpc) is 2.69. The summed E-state index contributed by atoms with van der Waals surface area (Å²) in [5.41, 5.74) is 3.03. The number of aryl methyl sites for hydroxylation is 2. The van der Waals surface area contributed by atoms with Crippen LogP contribution >= 0.6 is 11.8 Å². The van der Waals surface area contributed by atoms with Crippen molar-refractivity contribution in [1.29, 1.82) is 0 Å². The first-order valence-corrected chi connectivity index (χ1v) is 11.8. The number of rotatable bonds is 7. The van der Waals surface area contributed by atoms with Crippen LogP contribution in [0.4, 0.5) is 11.4 Å². The monoisotopic (exact) mass is 436 g/mol. The van der Waals surface area contributed by atoms with Gasteiger partial charge in [0.25, 0.3) is 10.0 Å². The molecular formula is C20H24N2O5S2. The van der Waals surface area contributed by atoms with Gasteiger partial charge in [0.1, 0.15) is 5.75 Å². The molecule has 0 amide bonds. The molecule has 0 unspecified atom stereocenters. The molecule has 2 aromatic carbocycles. The van der Waals surface area contributed by atoms with Gasteiger partial charge >= 0.3 is 5.97 Å². The van der Waals surface area contributed by atoms with Crippen LogP contribution in [-0.2, 0) is 14.8 Å². The van der Waals surface area contributed by atoms with Gasteiger partial charge in [-0.25, -0.2) is 13.2 Å². The number of benzene rings is 2. The number of carboxylic acid groups (broad SMARTS) is 1. The number of ether oxygens (including phenoxy) is 1. The average molecular weight is 437 g/mol. The first kappa shape index (κ1) is 21.3. The van der Waals surface area contributed by atoms with Crippen molar-refractivity contribution in [3.05, 3.63) is 47.5 Å². The van der Waals surface area contributed by atoms with E-state index in [4.69, 9.17) is 9.84 Å². The highest BCUT2D eigenvalue weighted by molar-refractivity contribution is 7.99. The van der Waals surface area contributed by atoms with Crippen molar-refractivity contribution in [2.24, 2.45) is 0 Å². The molecule has 156 valence electrons. The van der Waals surface area contributed by atoms with E-state index in [0.717, 1.165) is 35.8 Å². The SMILES string of the molecule is Cc1cc(N2CCSCC2)ccc1NS(=O)(=O)c1ccc(OCC(=O)O)c(C)c1. The summed E-state index contributed by atoms with van der Waals surface area (Å²) in [6.45, 7) is 5.06. The smallest absolute Gasteiger partial charge is 0.341 e. The maximum Gasteiger partial charge on any atom is 0.341 e. The van der Waals surface area contributed by atoms with Crippen molar-refractivity contribution in [2.45, 2.75) is 18.7 Å². The third-order valence-electron chi connectivity index (χ3n) is 4.64. The van der Waals surface area contributed by atoms with Gasteiger partial charge in [-0.15, -0.1) is 0 Å². The zero-order valence-corrected chi connectivity index (χ0v) is 18.0. The molecule has 0 atom stereocenters. The van der Waals surface area contributed by atoms with Crippen LogP contribution in [0.5, 0.6) is 5.75 Å². The van der Waals surface area contributed by atoms with Crippen molar-refractivity contribution in [2.75, 3.05) is 40.8 Å². The number of thioether (sulfide) groups is 1. The van der Waals surface area contributed by atoms with Crippen molar-refractivity contribution < 1.29 is 23.1 Å². The lowest BCUT2D eigenvalue weighted by Gasteiger charge is -2.29. The van der Waals surface area contributed by atoms with E-state index in [9.17, 15) is 13.2 Å². The highest BCUT2D eigenvalue weighted by atomic mass is 32.2. The molecule has 0 aromatic heterocycles. The standard InChI is InChI=1S/C20H24N2O5S2/c1-14-11-16(22-7-9-28-10-8-22)3-5-18(14)21-29(25,26)17-4-6-19(15(2)12-17)27-13-20(23)24/h3-6,11-12,21H,7-10,13H2,1-2H3,(H,23,24). The third-order valence-corrected chi connectivity index (χ3v) is 6.94. The highest BCUT2D eigenvalue weighted by Gasteiger charge is 2.18. The summed E-state index contributed by atoms with van der Waals surface area (Å²) in [6, 6.07) is 10.1. The lowest BCUT2D eigenvalue weighted by atomic mass is 10.1. The zero-order chi connectivity index (χ0) is 21.0. The summed E-state index contributed by atoms with van der Waals surface area (Å²) in [5.74, 6) is 1.44. The van der Waals surface area contributed by atoms with Crippen LogP contribution in [0.1, 0.15) is 11.1 Å². The van der Waals surface area contributed by atoms with Gasteiger partial charge in [0, 0.05) is 30.3 Å². The molecule has 0 radical (unpaired) electrons. The number of nitrogens with one attached hydrogen (secondary N) is 1. The van der Waals surface area contributed by atoms with E-state index < -0.39 is 22.6 Å². The Kier molecular flexibility index (Phi) is 6.59. The molecule has 0 bridgehead atoms. The minimum absolute atomic E-state index is 0.0919. The van der Waals surface area contributed by atoms with E-state index >= 15 is 0 Å². The summed E-state index contributed by atoms with van der Waals surface area (Å²) in [4.78, 5) is 13.0. The van der Waals surface area contributed by atoms with Crippen LogP contribution in [0.2, 0.25) is 0 Å². The molecule has 9 heteroatoms. The maximum absolute atomic E-state index is 12.8. The number of aliphatic carboxylic acids is 1. The molecule has 29 heavy (non-hydrogen) atoms. The first-order chi connectivity index (χ1) is 13.8. The number of anilines is 2. The molecule has 1 aliphatic rings. The molecule has 0 saturated carbocycles. The van der Waals surface area contributed by atoms with Gasteiger partial charge in [0.05, 0.1) is 10.6 Å². The molecule has 2 aromatic rings. The number of sulfonamides is 1. The highest BCUT2D eigenvalue weighted by Crippen LogP contribution is 2.28. The van der Waals surface area contributed by atoms with E-state index in [2.05, 4.69) is 9.62 Å². The Bertz CT molecular complexity index is 1000. The fourth-order valence-corrected chi connectivity index (χ4v) is 5.19. The summed E-state index contributed by atoms with van der Waals surface area (Å²) in [7, 11) is -3.78. The third kappa shape index (κ3) is 5.36. The lowest BCUT2D eigenvalue weighted by Crippen LogP contribution is -2.32. The molecule has 1 saturated heterocycles. The minimum atomic E-state index is -3.78. The molecule has 3 rings (SSSR count). The fourth-order valence-electron chi connectivity index (χ4n) is 3.07. The second kappa shape index (κ2) is 8.96. The van der Waals surface area contributed by atoms with Crippen molar-refractivity contribution in [1.82, 2.24) is 0 Å². The van der Waals surface area contributed by atoms with Gasteiger partial charge in [-0.2, -0.15) is 11.8 Å². The van der Waals surface area contributed by atoms with Crippen molar-refractivity contribution >= 4 is 39.1 Å². The number of nitrogens with zero attached hydrogens (tertiary/aromatic N) is 1. The Labute approximate surface area is 175 Å². The zero-order valence-electron chi connectivity index (χ0n) is 16.3. The van der Waals surface area contributed by atoms with Gasteiger partial charge in [-0.1, -0.05) is 0 Å². The van der Waals surface area contributed by atoms with E-state index in [1.165, 1.54) is 18.2 Å². The van der Waals surface area contributed by atoms with Gasteiger partial charge < -0.3 is 14.7 Å². The van der Waals surface area contributed by atoms with E-state index in [0.29, 0.717) is 17.0 Å². The number of carboxylic acids is 1. The molecule has 1 aliphatic heterocycles. The van der Waals surface area contributed by atoms with Gasteiger partial charge in [0.2, 0.25) is 0 Å². The van der Waals surface area contributed by atoms with Crippen molar-refractivity contribution in [3.8, 4) is 5.75 Å². The Hall–Kier alpha value is -2.39. The van der Waals surface area contributed by atoms with Crippen molar-refractivity contribution in [3.63, 3.8) is 0 Å². The molecule has 2 N–H and O–H groups in total. The Balaban J connectivity index is 1.76. The molecule has 1 fully saturated rings. The first-order valence-electron chi connectivity index (χ1n) is 9.18. The van der Waals surface area contributed by atoms with E-state index in [1.54, 1.807) is 13.0 Å². The summed E-state index contributed by atoms with van der Waals surface area (Å²) >= 11 is 1.94. The number of carbonyl (C=O) groups is 1. The predicted molar refractivity (Wildman–Crippen MR) is 116 cm³/mol. The summed E-state index contributed by atoms with van der Waals surface area (Å²) in [5, 5.41) is 8.71. The largest absolute Gasteiger partial charge is 0.482 e. The van der Waals surface area contributed by atoms with Gasteiger partial charge in [0.15, 0.2) is 6.61 Å². The van der Waals surface area contributed by atoms with Gasteiger partial charge in [-0.3, -0.25) is 4.72 Å². The van der Waals surface area contributed by atoms with Gasteiger partial charge in [-0.05, 0) is 61.4 Å². The molecular weight excluding hydrogens is 412 g/mol. The quantitative estimate of drug-likeness (QED) is 0.688. The molecule has 0 spiro atoms. The Morgan fingerprint density at radius 1 is 1.14 bits per heavy atom. The Morgan fingerprint density at radius 3 is 2.48 bits per heavy atom. The topological polar surface area (TPSA) is 95.9 Å². The lowest BCUT2D eigenvalue weighted by molar-refractivity contribution is -0.139. The molecule has 0 aliphatic carbocycles. The second-order valence-electron chi connectivity index (χ2n) is 6.81. The van der Waals surface area contributed by atoms with Crippen LogP contribution in [-0.4, -0.2) is 50.7 Å². The maximum atomic E-state index is 12.8. The summed E-state index contributed by atoms with van der Waals surface area (Å²) < 4.78 is 33.4. The number of hydrogen-bond donors (Lipinski definition) is 2. The summed E-state index contributed by atoms with van der Waals surface area (Å²) in [6.07, 6.45) is 0. The van der Waals surface area contributed by atoms with Crippen LogP contribution in [0.3, 0.4) is 0 Å². The normalized spacial score (nSPS) is 14.5. The Morgan fingerprint density at radius 2 is 1.86 bits per heavy atom. The van der Waals surface area contributed by atoms with Crippen LogP contribution in [0.15, 0.2) is 41.3 Å². The number of hydrogen-bond acceptors (Lipinski definition) is 6. The predicted octanol–water partition coefficient (Wildman–Crippen LogP) is 3.12. The minimum Gasteiger partial charge on any atom is -0.482 e. The van der Waals surface area contributed by atoms with E-state index in [-0.39, 0.29) is 4.90 Å². The molecule has 1 heterocycles. The van der Waals surface area contributed by atoms with Crippen LogP contribution < -0.4 is 14.4 Å². The molecule has 7 nitrogen and oxygen atoms in total. The fraction of sp³-hybridized carbons (Fsp3) is 0.350.